The third kappa shape index (κ3) is 4.30. The van der Waals surface area contributed by atoms with Gasteiger partial charge in [0.05, 0.1) is 24.3 Å². The Morgan fingerprint density at radius 1 is 1.20 bits per heavy atom. The number of anilines is 1. The molecule has 0 fully saturated rings. The van der Waals surface area contributed by atoms with Crippen molar-refractivity contribution in [3.05, 3.63) is 63.3 Å². The molecule has 3 rings (SSSR count). The molecular formula is C22H20Cl2N2O4. The van der Waals surface area contributed by atoms with Gasteiger partial charge in [-0.05, 0) is 42.8 Å². The van der Waals surface area contributed by atoms with E-state index in [0.29, 0.717) is 32.1 Å². The minimum Gasteiger partial charge on any atom is -0.465 e. The van der Waals surface area contributed by atoms with Gasteiger partial charge in [-0.25, -0.2) is 9.59 Å². The maximum Gasteiger partial charge on any atom is 0.355 e. The van der Waals surface area contributed by atoms with Crippen LogP contribution in [-0.4, -0.2) is 37.7 Å². The number of aromatic amines is 1. The van der Waals surface area contributed by atoms with E-state index in [4.69, 9.17) is 32.7 Å². The first-order valence-electron chi connectivity index (χ1n) is 9.15. The zero-order valence-electron chi connectivity index (χ0n) is 16.6. The van der Waals surface area contributed by atoms with Crippen LogP contribution in [-0.2, 0) is 14.3 Å². The Labute approximate surface area is 183 Å². The largest absolute Gasteiger partial charge is 0.465 e. The molecule has 3 aromatic rings. The molecule has 0 aliphatic carbocycles. The number of ether oxygens (including phenoxy) is 2. The molecular weight excluding hydrogens is 427 g/mol. The lowest BCUT2D eigenvalue weighted by Gasteiger charge is -2.09. The van der Waals surface area contributed by atoms with Gasteiger partial charge < -0.3 is 19.8 Å². The van der Waals surface area contributed by atoms with Gasteiger partial charge in [-0.15, -0.1) is 0 Å². The van der Waals surface area contributed by atoms with E-state index in [1.54, 1.807) is 44.3 Å². The van der Waals surface area contributed by atoms with Gasteiger partial charge in [-0.1, -0.05) is 35.3 Å². The summed E-state index contributed by atoms with van der Waals surface area (Å²) in [6.07, 6.45) is 1.57. The first-order chi connectivity index (χ1) is 14.4. The average molecular weight is 447 g/mol. The van der Waals surface area contributed by atoms with Crippen LogP contribution in [0.25, 0.3) is 22.6 Å². The number of methoxy groups -OCH3 is 1. The SMILES string of the molecule is CCOC(=O)c1[nH]c2cc(Cl)cc(Cl)c2c1/C=C(/C(=O)OC)c1cccc(NC)c1. The molecule has 156 valence electrons. The van der Waals surface area contributed by atoms with Gasteiger partial charge in [-0.2, -0.15) is 0 Å². The van der Waals surface area contributed by atoms with Crippen LogP contribution in [0.4, 0.5) is 5.69 Å². The van der Waals surface area contributed by atoms with Gasteiger partial charge in [0.1, 0.15) is 5.69 Å². The van der Waals surface area contributed by atoms with Crippen molar-refractivity contribution in [2.75, 3.05) is 26.1 Å². The zero-order chi connectivity index (χ0) is 21.8. The zero-order valence-corrected chi connectivity index (χ0v) is 18.1. The molecule has 0 atom stereocenters. The monoisotopic (exact) mass is 446 g/mol. The van der Waals surface area contributed by atoms with Gasteiger partial charge in [0.15, 0.2) is 0 Å². The summed E-state index contributed by atoms with van der Waals surface area (Å²) in [7, 11) is 3.08. The highest BCUT2D eigenvalue weighted by molar-refractivity contribution is 6.39. The van der Waals surface area contributed by atoms with Crippen LogP contribution in [0.1, 0.15) is 28.5 Å². The predicted molar refractivity (Wildman–Crippen MR) is 120 cm³/mol. The lowest BCUT2D eigenvalue weighted by molar-refractivity contribution is -0.133. The fraction of sp³-hybridized carbons (Fsp3) is 0.182. The number of rotatable bonds is 6. The Kier molecular flexibility index (Phi) is 6.70. The van der Waals surface area contributed by atoms with E-state index in [2.05, 4.69) is 10.3 Å². The van der Waals surface area contributed by atoms with Crippen molar-refractivity contribution in [1.29, 1.82) is 0 Å². The molecule has 2 N–H and O–H groups in total. The minimum atomic E-state index is -0.569. The standard InChI is InChI=1S/C22H20Cl2N2O4/c1-4-30-22(28)20-16(19-17(24)9-13(23)10-18(19)26-20)11-15(21(27)29-3)12-6-5-7-14(8-12)25-2/h5-11,25-26H,4H2,1-3H3/b15-11+. The predicted octanol–water partition coefficient (Wildman–Crippen LogP) is 5.41. The highest BCUT2D eigenvalue weighted by Crippen LogP contribution is 2.35. The Hall–Kier alpha value is -2.96. The van der Waals surface area contributed by atoms with E-state index in [9.17, 15) is 9.59 Å². The molecule has 8 heteroatoms. The van der Waals surface area contributed by atoms with Gasteiger partial charge in [0.2, 0.25) is 0 Å². The Morgan fingerprint density at radius 2 is 1.97 bits per heavy atom. The first kappa shape index (κ1) is 21.7. The van der Waals surface area contributed by atoms with Crippen LogP contribution in [0.3, 0.4) is 0 Å². The molecule has 0 spiro atoms. The molecule has 0 saturated carbocycles. The molecule has 0 bridgehead atoms. The Morgan fingerprint density at radius 3 is 2.63 bits per heavy atom. The molecule has 6 nitrogen and oxygen atoms in total. The van der Waals surface area contributed by atoms with Crippen molar-refractivity contribution in [3.8, 4) is 0 Å². The summed E-state index contributed by atoms with van der Waals surface area (Å²) in [5, 5.41) is 4.33. The van der Waals surface area contributed by atoms with E-state index < -0.39 is 11.9 Å². The number of nitrogens with one attached hydrogen (secondary N) is 2. The highest BCUT2D eigenvalue weighted by Gasteiger charge is 2.23. The summed E-state index contributed by atoms with van der Waals surface area (Å²) < 4.78 is 10.2. The van der Waals surface area contributed by atoms with Crippen molar-refractivity contribution in [2.45, 2.75) is 6.92 Å². The van der Waals surface area contributed by atoms with Crippen molar-refractivity contribution >= 4 is 63.4 Å². The number of carbonyl (C=O) groups is 2. The van der Waals surface area contributed by atoms with Crippen LogP contribution in [0.15, 0.2) is 36.4 Å². The first-order valence-corrected chi connectivity index (χ1v) is 9.91. The second-order valence-corrected chi connectivity index (χ2v) is 7.17. The molecule has 0 aliphatic rings. The topological polar surface area (TPSA) is 80.4 Å². The number of hydrogen-bond donors (Lipinski definition) is 2. The molecule has 0 unspecified atom stereocenters. The van der Waals surface area contributed by atoms with E-state index in [-0.39, 0.29) is 17.9 Å². The number of hydrogen-bond acceptors (Lipinski definition) is 5. The smallest absolute Gasteiger partial charge is 0.355 e. The fourth-order valence-corrected chi connectivity index (χ4v) is 3.73. The molecule has 2 aromatic carbocycles. The molecule has 0 radical (unpaired) electrons. The minimum absolute atomic E-state index is 0.169. The number of esters is 2. The van der Waals surface area contributed by atoms with E-state index in [1.807, 2.05) is 12.1 Å². The quantitative estimate of drug-likeness (QED) is 0.390. The number of halogens is 2. The highest BCUT2D eigenvalue weighted by atomic mass is 35.5. The third-order valence-electron chi connectivity index (χ3n) is 4.49. The van der Waals surface area contributed by atoms with Crippen molar-refractivity contribution < 1.29 is 19.1 Å². The van der Waals surface area contributed by atoms with Crippen molar-refractivity contribution in [1.82, 2.24) is 4.98 Å². The normalized spacial score (nSPS) is 11.4. The number of fused-ring (bicyclic) bond motifs is 1. The van der Waals surface area contributed by atoms with Gasteiger partial charge in [-0.3, -0.25) is 0 Å². The second-order valence-electron chi connectivity index (χ2n) is 6.32. The van der Waals surface area contributed by atoms with Gasteiger partial charge >= 0.3 is 11.9 Å². The summed E-state index contributed by atoms with van der Waals surface area (Å²) >= 11 is 12.6. The maximum atomic E-state index is 12.6. The maximum absolute atomic E-state index is 12.6. The molecule has 0 saturated heterocycles. The van der Waals surface area contributed by atoms with Gasteiger partial charge in [0.25, 0.3) is 0 Å². The van der Waals surface area contributed by atoms with Crippen LogP contribution >= 0.6 is 23.2 Å². The van der Waals surface area contributed by atoms with E-state index in [1.165, 1.54) is 7.11 Å². The van der Waals surface area contributed by atoms with Crippen LogP contribution < -0.4 is 5.32 Å². The van der Waals surface area contributed by atoms with E-state index >= 15 is 0 Å². The van der Waals surface area contributed by atoms with Crippen molar-refractivity contribution in [3.63, 3.8) is 0 Å². The number of H-pyrrole nitrogens is 1. The molecule has 0 amide bonds. The summed E-state index contributed by atoms with van der Waals surface area (Å²) in [6, 6.07) is 10.5. The molecule has 1 aromatic heterocycles. The third-order valence-corrected chi connectivity index (χ3v) is 5.01. The number of aromatic nitrogens is 1. The molecule has 30 heavy (non-hydrogen) atoms. The fourth-order valence-electron chi connectivity index (χ4n) is 3.14. The van der Waals surface area contributed by atoms with E-state index in [0.717, 1.165) is 5.69 Å². The Bertz CT molecular complexity index is 1150. The van der Waals surface area contributed by atoms with Crippen LogP contribution in [0.2, 0.25) is 10.0 Å². The number of benzene rings is 2. The summed E-state index contributed by atoms with van der Waals surface area (Å²) in [5.41, 5.74) is 2.82. The average Bonchev–Trinajstić information content (AvgIpc) is 3.10. The Balaban J connectivity index is 2.32. The second kappa shape index (κ2) is 9.24. The summed E-state index contributed by atoms with van der Waals surface area (Å²) in [5.74, 6) is -1.13. The van der Waals surface area contributed by atoms with Gasteiger partial charge in [0, 0.05) is 34.2 Å². The van der Waals surface area contributed by atoms with Crippen LogP contribution in [0.5, 0.6) is 0 Å². The van der Waals surface area contributed by atoms with Crippen LogP contribution in [0, 0.1) is 0 Å². The van der Waals surface area contributed by atoms with Crippen molar-refractivity contribution in [2.24, 2.45) is 0 Å². The number of carbonyl (C=O) groups excluding carboxylic acids is 2. The molecule has 1 heterocycles. The lowest BCUT2D eigenvalue weighted by atomic mass is 10.0. The summed E-state index contributed by atoms with van der Waals surface area (Å²) in [4.78, 5) is 28.2. The molecule has 0 aliphatic heterocycles. The summed E-state index contributed by atoms with van der Waals surface area (Å²) in [6.45, 7) is 1.91. The lowest BCUT2D eigenvalue weighted by Crippen LogP contribution is -2.08.